The number of aryl methyl sites for hydroxylation is 1. The molecule has 1 amide bonds. The molecule has 3 aromatic rings. The molecule has 2 aromatic heterocycles. The van der Waals surface area contributed by atoms with Crippen LogP contribution in [-0.2, 0) is 11.0 Å². The summed E-state index contributed by atoms with van der Waals surface area (Å²) < 4.78 is 43.6. The molecule has 0 unspecified atom stereocenters. The van der Waals surface area contributed by atoms with Gasteiger partial charge in [-0.15, -0.1) is 0 Å². The molecule has 9 heteroatoms. The summed E-state index contributed by atoms with van der Waals surface area (Å²) >= 11 is 0. The van der Waals surface area contributed by atoms with Crippen LogP contribution in [0.5, 0.6) is 5.88 Å². The molecule has 0 aliphatic carbocycles. The Morgan fingerprint density at radius 1 is 1.14 bits per heavy atom. The summed E-state index contributed by atoms with van der Waals surface area (Å²) in [6.45, 7) is 1.93. The van der Waals surface area contributed by atoms with E-state index < -0.39 is 29.7 Å². The van der Waals surface area contributed by atoms with Gasteiger partial charge in [-0.2, -0.15) is 13.2 Å². The van der Waals surface area contributed by atoms with Crippen molar-refractivity contribution >= 4 is 22.6 Å². The van der Waals surface area contributed by atoms with E-state index in [2.05, 4.69) is 9.97 Å². The molecule has 29 heavy (non-hydrogen) atoms. The highest BCUT2D eigenvalue weighted by Crippen LogP contribution is 2.29. The second-order valence-electron chi connectivity index (χ2n) is 6.81. The maximum absolute atomic E-state index is 12.7. The number of halogens is 3. The van der Waals surface area contributed by atoms with E-state index in [4.69, 9.17) is 4.74 Å². The Kier molecular flexibility index (Phi) is 4.52. The number of benzene rings is 1. The molecule has 0 radical (unpaired) electrons. The number of pyridine rings is 1. The number of nitrogens with one attached hydrogen (secondary N) is 1. The third kappa shape index (κ3) is 3.55. The Hall–Kier alpha value is -3.36. The predicted molar refractivity (Wildman–Crippen MR) is 97.6 cm³/mol. The Bertz CT molecular complexity index is 1100. The Morgan fingerprint density at radius 2 is 1.86 bits per heavy atom. The number of fused-ring (bicyclic) bond motifs is 1. The number of H-pyrrole nitrogens is 1. The van der Waals surface area contributed by atoms with Crippen LogP contribution < -0.4 is 4.74 Å². The molecule has 0 saturated carbocycles. The predicted octanol–water partition coefficient (Wildman–Crippen LogP) is 3.36. The van der Waals surface area contributed by atoms with Crippen molar-refractivity contribution in [3.63, 3.8) is 0 Å². The normalized spacial score (nSPS) is 14.7. The van der Waals surface area contributed by atoms with E-state index in [0.29, 0.717) is 16.6 Å². The molecule has 0 atom stereocenters. The zero-order valence-corrected chi connectivity index (χ0v) is 15.3. The first kappa shape index (κ1) is 19.0. The third-order valence-corrected chi connectivity index (χ3v) is 4.75. The summed E-state index contributed by atoms with van der Waals surface area (Å²) in [5.74, 6) is -1.47. The number of carbonyl (C=O) groups is 2. The number of rotatable bonds is 4. The SMILES string of the molecule is Cc1[nH]c2ccccc2c1C(=O)C(=O)N1CC(Oc2cccc(C(F)(F)F)n2)C1. The van der Waals surface area contributed by atoms with Crippen LogP contribution >= 0.6 is 0 Å². The van der Waals surface area contributed by atoms with Gasteiger partial charge in [0.1, 0.15) is 11.8 Å². The van der Waals surface area contributed by atoms with Crippen molar-refractivity contribution < 1.29 is 27.5 Å². The summed E-state index contributed by atoms with van der Waals surface area (Å²) in [5, 5.41) is 0.671. The molecule has 1 aromatic carbocycles. The van der Waals surface area contributed by atoms with Crippen LogP contribution in [0.3, 0.4) is 0 Å². The summed E-state index contributed by atoms with van der Waals surface area (Å²) in [7, 11) is 0. The van der Waals surface area contributed by atoms with E-state index in [-0.39, 0.29) is 19.0 Å². The summed E-state index contributed by atoms with van der Waals surface area (Å²) in [6.07, 6.45) is -5.09. The van der Waals surface area contributed by atoms with Gasteiger partial charge in [-0.05, 0) is 19.1 Å². The number of nitrogens with zero attached hydrogens (tertiary/aromatic N) is 2. The number of carbonyl (C=O) groups excluding carboxylic acids is 2. The lowest BCUT2D eigenvalue weighted by Crippen LogP contribution is -2.58. The number of para-hydroxylation sites is 1. The van der Waals surface area contributed by atoms with Crippen LogP contribution in [0.4, 0.5) is 13.2 Å². The number of ether oxygens (including phenoxy) is 1. The number of amides is 1. The molecule has 1 aliphatic heterocycles. The number of Topliss-reactive ketones (excluding diaryl/α,β-unsaturated/α-hetero) is 1. The van der Waals surface area contributed by atoms with Crippen molar-refractivity contribution in [1.29, 1.82) is 0 Å². The molecule has 1 fully saturated rings. The molecule has 0 spiro atoms. The fourth-order valence-electron chi connectivity index (χ4n) is 3.31. The van der Waals surface area contributed by atoms with Crippen molar-refractivity contribution in [2.45, 2.75) is 19.2 Å². The van der Waals surface area contributed by atoms with Gasteiger partial charge in [0.25, 0.3) is 11.7 Å². The van der Waals surface area contributed by atoms with Crippen LogP contribution in [0, 0.1) is 6.92 Å². The lowest BCUT2D eigenvalue weighted by molar-refractivity contribution is -0.141. The standard InChI is InChI=1S/C20H16F3N3O3/c1-11-17(13-5-2-3-6-14(13)24-11)18(27)19(28)26-9-12(10-26)29-16-8-4-7-15(25-16)20(21,22)23/h2-8,12,24H,9-10H2,1H3. The largest absolute Gasteiger partial charge is 0.471 e. The minimum atomic E-state index is -4.56. The van der Waals surface area contributed by atoms with Crippen LogP contribution in [0.1, 0.15) is 21.7 Å². The summed E-state index contributed by atoms with van der Waals surface area (Å²) in [6, 6.07) is 10.6. The number of alkyl halides is 3. The van der Waals surface area contributed by atoms with E-state index in [1.807, 2.05) is 12.1 Å². The summed E-state index contributed by atoms with van der Waals surface area (Å²) in [4.78, 5) is 33.1. The monoisotopic (exact) mass is 403 g/mol. The van der Waals surface area contributed by atoms with Crippen molar-refractivity contribution in [2.24, 2.45) is 0 Å². The molecule has 150 valence electrons. The van der Waals surface area contributed by atoms with Crippen molar-refractivity contribution in [3.05, 3.63) is 59.4 Å². The lowest BCUT2D eigenvalue weighted by atomic mass is 10.0. The topological polar surface area (TPSA) is 75.3 Å². The van der Waals surface area contributed by atoms with E-state index >= 15 is 0 Å². The van der Waals surface area contributed by atoms with Crippen LogP contribution in [0.15, 0.2) is 42.5 Å². The number of ketones is 1. The zero-order valence-electron chi connectivity index (χ0n) is 15.3. The van der Waals surface area contributed by atoms with E-state index in [9.17, 15) is 22.8 Å². The Labute approximate surface area is 163 Å². The number of aromatic amines is 1. The average Bonchev–Trinajstić information content (AvgIpc) is 2.98. The van der Waals surface area contributed by atoms with E-state index in [0.717, 1.165) is 11.6 Å². The van der Waals surface area contributed by atoms with Crippen LogP contribution in [0.25, 0.3) is 10.9 Å². The average molecular weight is 403 g/mol. The van der Waals surface area contributed by atoms with Gasteiger partial charge in [-0.3, -0.25) is 9.59 Å². The van der Waals surface area contributed by atoms with Gasteiger partial charge in [0.2, 0.25) is 5.88 Å². The van der Waals surface area contributed by atoms with Gasteiger partial charge >= 0.3 is 6.18 Å². The molecule has 0 bridgehead atoms. The fraction of sp³-hybridized carbons (Fsp3) is 0.250. The first-order valence-electron chi connectivity index (χ1n) is 8.86. The second kappa shape index (κ2) is 6.91. The Morgan fingerprint density at radius 3 is 2.59 bits per heavy atom. The highest BCUT2D eigenvalue weighted by Gasteiger charge is 2.38. The molecular formula is C20H16F3N3O3. The fourth-order valence-corrected chi connectivity index (χ4v) is 3.31. The zero-order chi connectivity index (χ0) is 20.8. The van der Waals surface area contributed by atoms with Crippen molar-refractivity contribution in [3.8, 4) is 5.88 Å². The molecule has 1 aliphatic rings. The number of aromatic nitrogens is 2. The molecule has 6 nitrogen and oxygen atoms in total. The second-order valence-corrected chi connectivity index (χ2v) is 6.81. The smallest absolute Gasteiger partial charge is 0.433 e. The first-order chi connectivity index (χ1) is 13.7. The number of hydrogen-bond donors (Lipinski definition) is 1. The highest BCUT2D eigenvalue weighted by atomic mass is 19.4. The third-order valence-electron chi connectivity index (χ3n) is 4.75. The quantitative estimate of drug-likeness (QED) is 0.536. The minimum Gasteiger partial charge on any atom is -0.471 e. The molecule has 3 heterocycles. The maximum atomic E-state index is 12.7. The van der Waals surface area contributed by atoms with Gasteiger partial charge < -0.3 is 14.6 Å². The van der Waals surface area contributed by atoms with E-state index in [1.165, 1.54) is 17.0 Å². The van der Waals surface area contributed by atoms with Crippen molar-refractivity contribution in [1.82, 2.24) is 14.9 Å². The van der Waals surface area contributed by atoms with Gasteiger partial charge in [-0.1, -0.05) is 24.3 Å². The molecule has 1 N–H and O–H groups in total. The van der Waals surface area contributed by atoms with E-state index in [1.54, 1.807) is 19.1 Å². The van der Waals surface area contributed by atoms with Gasteiger partial charge in [0, 0.05) is 22.7 Å². The van der Waals surface area contributed by atoms with Crippen LogP contribution in [0.2, 0.25) is 0 Å². The van der Waals surface area contributed by atoms with Crippen LogP contribution in [-0.4, -0.2) is 45.8 Å². The molecule has 1 saturated heterocycles. The number of hydrogen-bond acceptors (Lipinski definition) is 4. The van der Waals surface area contributed by atoms with Gasteiger partial charge in [0.15, 0.2) is 0 Å². The molecular weight excluding hydrogens is 387 g/mol. The molecule has 4 rings (SSSR count). The maximum Gasteiger partial charge on any atom is 0.433 e. The number of likely N-dealkylation sites (tertiary alicyclic amines) is 1. The van der Waals surface area contributed by atoms with Gasteiger partial charge in [-0.25, -0.2) is 4.98 Å². The Balaban J connectivity index is 1.42. The minimum absolute atomic E-state index is 0.101. The summed E-state index contributed by atoms with van der Waals surface area (Å²) in [5.41, 5.74) is 0.648. The highest BCUT2D eigenvalue weighted by molar-refractivity contribution is 6.45. The van der Waals surface area contributed by atoms with Gasteiger partial charge in [0.05, 0.1) is 18.7 Å². The van der Waals surface area contributed by atoms with Crippen molar-refractivity contribution in [2.75, 3.05) is 13.1 Å². The lowest BCUT2D eigenvalue weighted by Gasteiger charge is -2.38. The first-order valence-corrected chi connectivity index (χ1v) is 8.86.